The van der Waals surface area contributed by atoms with Crippen molar-refractivity contribution in [3.63, 3.8) is 0 Å². The summed E-state index contributed by atoms with van der Waals surface area (Å²) in [7, 11) is 0. The average Bonchev–Trinajstić information content (AvgIpc) is 1.36. The van der Waals surface area contributed by atoms with Gasteiger partial charge >= 0.3 is 0 Å². The second-order valence-corrected chi connectivity index (χ2v) is 1.57. The number of nitrogens with two attached hydrogens (primary N) is 1. The first-order chi connectivity index (χ1) is 2.64. The van der Waals surface area contributed by atoms with Crippen molar-refractivity contribution in [3.05, 3.63) is 0 Å². The molecule has 0 saturated heterocycles. The second kappa shape index (κ2) is 4.43. The van der Waals surface area contributed by atoms with Gasteiger partial charge in [0.25, 0.3) is 0 Å². The molecule has 0 fully saturated rings. The summed E-state index contributed by atoms with van der Waals surface area (Å²) in [5.41, 5.74) is 5.01. The van der Waals surface area contributed by atoms with E-state index < -0.39 is 6.04 Å². The number of hydrogen-bond donors (Lipinski definition) is 2. The molecule has 0 aromatic heterocycles. The Balaban J connectivity index is 0. The summed E-state index contributed by atoms with van der Waals surface area (Å²) in [4.78, 5) is 9.88. The van der Waals surface area contributed by atoms with Gasteiger partial charge in [0.1, 0.15) is 0 Å². The molecule has 0 spiro atoms. The fourth-order valence-corrected chi connectivity index (χ4v) is 0. The molecule has 2 N–H and O–H groups in total. The minimum atomic E-state index is -0.423. The van der Waals surface area contributed by atoms with Crippen molar-refractivity contribution < 1.29 is 4.79 Å². The largest absolute Gasteiger partial charge is 0.321 e. The van der Waals surface area contributed by atoms with Crippen LogP contribution in [0.5, 0.6) is 0 Å². The number of hydrogen-bond acceptors (Lipinski definition) is 2. The van der Waals surface area contributed by atoms with E-state index in [1.165, 1.54) is 0 Å². The van der Waals surface area contributed by atoms with Gasteiger partial charge in [0.2, 0.25) is 5.12 Å². The molecule has 44 valence electrons. The highest BCUT2D eigenvalue weighted by atomic mass is 35.5. The molecule has 0 radical (unpaired) electrons. The van der Waals surface area contributed by atoms with Gasteiger partial charge in [-0.15, -0.1) is 25.0 Å². The molecule has 0 aliphatic carbocycles. The summed E-state index contributed by atoms with van der Waals surface area (Å²) in [6.45, 7) is 1.59. The van der Waals surface area contributed by atoms with Crippen molar-refractivity contribution in [2.24, 2.45) is 5.73 Å². The predicted molar refractivity (Wildman–Crippen MR) is 34.9 cm³/mol. The van der Waals surface area contributed by atoms with E-state index in [0.29, 0.717) is 0 Å². The average molecular weight is 142 g/mol. The Hall–Kier alpha value is 0.270. The van der Waals surface area contributed by atoms with E-state index in [-0.39, 0.29) is 17.5 Å². The Morgan fingerprint density at radius 3 is 2.00 bits per heavy atom. The topological polar surface area (TPSA) is 43.1 Å². The van der Waals surface area contributed by atoms with Crippen molar-refractivity contribution in [3.8, 4) is 0 Å². The molecule has 0 heterocycles. The summed E-state index contributed by atoms with van der Waals surface area (Å²) in [6, 6.07) is -0.423. The highest BCUT2D eigenvalue weighted by molar-refractivity contribution is 7.96. The zero-order valence-corrected chi connectivity index (χ0v) is 5.63. The first-order valence-electron chi connectivity index (χ1n) is 1.63. The SMILES string of the molecule is C[C@H](N)C(=O)S.Cl. The molecular weight excluding hydrogens is 134 g/mol. The lowest BCUT2D eigenvalue weighted by Crippen LogP contribution is -2.21. The van der Waals surface area contributed by atoms with E-state index in [0.717, 1.165) is 0 Å². The number of carbonyl (C=O) groups is 1. The lowest BCUT2D eigenvalue weighted by Gasteiger charge is -1.90. The van der Waals surface area contributed by atoms with Gasteiger partial charge < -0.3 is 5.73 Å². The summed E-state index contributed by atoms with van der Waals surface area (Å²) in [6.07, 6.45) is 0. The van der Waals surface area contributed by atoms with E-state index in [9.17, 15) is 4.79 Å². The van der Waals surface area contributed by atoms with Crippen LogP contribution in [0.25, 0.3) is 0 Å². The lowest BCUT2D eigenvalue weighted by molar-refractivity contribution is -0.111. The number of halogens is 1. The van der Waals surface area contributed by atoms with Crippen LogP contribution in [0.4, 0.5) is 0 Å². The van der Waals surface area contributed by atoms with Crippen LogP contribution in [0.15, 0.2) is 0 Å². The molecule has 2 nitrogen and oxygen atoms in total. The molecule has 4 heteroatoms. The first kappa shape index (κ1) is 10.3. The Kier molecular flexibility index (Phi) is 6.51. The Bertz CT molecular complexity index is 66.0. The first-order valence-corrected chi connectivity index (χ1v) is 2.07. The molecule has 0 aromatic rings. The quantitative estimate of drug-likeness (QED) is 0.513. The van der Waals surface area contributed by atoms with Crippen molar-refractivity contribution in [2.75, 3.05) is 0 Å². The summed E-state index contributed by atoms with van der Waals surface area (Å²) < 4.78 is 0. The van der Waals surface area contributed by atoms with Gasteiger partial charge in [-0.25, -0.2) is 0 Å². The van der Waals surface area contributed by atoms with E-state index in [2.05, 4.69) is 12.6 Å². The van der Waals surface area contributed by atoms with Crippen LogP contribution in [-0.4, -0.2) is 11.2 Å². The van der Waals surface area contributed by atoms with E-state index >= 15 is 0 Å². The van der Waals surface area contributed by atoms with E-state index in [1.54, 1.807) is 6.92 Å². The summed E-state index contributed by atoms with van der Waals surface area (Å²) in [5, 5.41) is -0.269. The minimum Gasteiger partial charge on any atom is -0.321 e. The molecule has 1 atom stereocenters. The van der Waals surface area contributed by atoms with Crippen LogP contribution in [-0.2, 0) is 4.79 Å². The van der Waals surface area contributed by atoms with Crippen LogP contribution < -0.4 is 5.73 Å². The van der Waals surface area contributed by atoms with Crippen molar-refractivity contribution in [1.82, 2.24) is 0 Å². The van der Waals surface area contributed by atoms with Crippen molar-refractivity contribution >= 4 is 30.2 Å². The molecular formula is C3H8ClNOS. The normalized spacial score (nSPS) is 11.9. The van der Waals surface area contributed by atoms with Gasteiger partial charge in [-0.3, -0.25) is 4.79 Å². The van der Waals surface area contributed by atoms with Gasteiger partial charge in [-0.05, 0) is 6.92 Å². The molecule has 0 saturated carbocycles. The molecule has 0 unspecified atom stereocenters. The van der Waals surface area contributed by atoms with Gasteiger partial charge in [0, 0.05) is 0 Å². The summed E-state index contributed by atoms with van der Waals surface area (Å²) >= 11 is 3.43. The fourth-order valence-electron chi connectivity index (χ4n) is 0. The van der Waals surface area contributed by atoms with Gasteiger partial charge in [0.15, 0.2) is 0 Å². The number of carbonyl (C=O) groups excluding carboxylic acids is 1. The molecule has 7 heavy (non-hydrogen) atoms. The molecule has 0 rings (SSSR count). The number of rotatable bonds is 1. The monoisotopic (exact) mass is 141 g/mol. The third-order valence-corrected chi connectivity index (χ3v) is 0.797. The zero-order valence-electron chi connectivity index (χ0n) is 3.92. The summed E-state index contributed by atoms with van der Waals surface area (Å²) in [5.74, 6) is 0. The third kappa shape index (κ3) is 6.27. The maximum absolute atomic E-state index is 9.88. The standard InChI is InChI=1S/C3H7NOS.ClH/c1-2(4)3(5)6;/h2H,4H2,1H3,(H,5,6);1H/t2-;/m0./s1. The van der Waals surface area contributed by atoms with Gasteiger partial charge in [0.05, 0.1) is 6.04 Å². The Labute approximate surface area is 54.3 Å². The maximum atomic E-state index is 9.88. The van der Waals surface area contributed by atoms with E-state index in [1.807, 2.05) is 0 Å². The van der Waals surface area contributed by atoms with Crippen LogP contribution in [0.3, 0.4) is 0 Å². The predicted octanol–water partition coefficient (Wildman–Crippen LogP) is 0.212. The molecule has 0 aliphatic heterocycles. The second-order valence-electron chi connectivity index (χ2n) is 1.13. The highest BCUT2D eigenvalue weighted by Crippen LogP contribution is 1.80. The number of thiol groups is 1. The fraction of sp³-hybridized carbons (Fsp3) is 0.667. The highest BCUT2D eigenvalue weighted by Gasteiger charge is 1.96. The molecule has 0 bridgehead atoms. The third-order valence-electron chi connectivity index (χ3n) is 0.390. The van der Waals surface area contributed by atoms with Crippen molar-refractivity contribution in [2.45, 2.75) is 13.0 Å². The molecule has 0 amide bonds. The van der Waals surface area contributed by atoms with Crippen LogP contribution in [0.2, 0.25) is 0 Å². The van der Waals surface area contributed by atoms with Gasteiger partial charge in [-0.1, -0.05) is 0 Å². The van der Waals surface area contributed by atoms with Crippen LogP contribution in [0.1, 0.15) is 6.92 Å². The minimum absolute atomic E-state index is 0. The van der Waals surface area contributed by atoms with E-state index in [4.69, 9.17) is 5.73 Å². The zero-order chi connectivity index (χ0) is 5.15. The Morgan fingerprint density at radius 1 is 1.86 bits per heavy atom. The lowest BCUT2D eigenvalue weighted by atomic mass is 10.4. The maximum Gasteiger partial charge on any atom is 0.202 e. The molecule has 0 aromatic carbocycles. The Morgan fingerprint density at radius 2 is 2.00 bits per heavy atom. The smallest absolute Gasteiger partial charge is 0.202 e. The van der Waals surface area contributed by atoms with Crippen molar-refractivity contribution in [1.29, 1.82) is 0 Å². The van der Waals surface area contributed by atoms with Crippen LogP contribution in [0, 0.1) is 0 Å². The molecule has 0 aliphatic rings. The van der Waals surface area contributed by atoms with Gasteiger partial charge in [-0.2, -0.15) is 0 Å². The van der Waals surface area contributed by atoms with Crippen LogP contribution >= 0.6 is 25.0 Å².